The van der Waals surface area contributed by atoms with Crippen LogP contribution >= 0.6 is 0 Å². The lowest BCUT2D eigenvalue weighted by Gasteiger charge is -2.33. The number of piperidine rings is 1. The summed E-state index contributed by atoms with van der Waals surface area (Å²) in [7, 11) is 0. The molecule has 16 heavy (non-hydrogen) atoms. The molecule has 1 aliphatic heterocycles. The highest BCUT2D eigenvalue weighted by molar-refractivity contribution is 4.85. The summed E-state index contributed by atoms with van der Waals surface area (Å²) in [6.07, 6.45) is 5.38. The molecule has 3 heteroatoms. The Hall–Kier alpha value is -0.590. The molecule has 1 heterocycles. The number of nitrogens with zero attached hydrogens (tertiary/aromatic N) is 2. The highest BCUT2D eigenvalue weighted by Gasteiger charge is 2.24. The number of rotatable bonds is 5. The SMILES string of the molecule is CC(C#N)CN1CCC(NCC2CC2)CC1. The van der Waals surface area contributed by atoms with Crippen LogP contribution in [0.2, 0.25) is 0 Å². The topological polar surface area (TPSA) is 39.1 Å². The number of hydrogen-bond acceptors (Lipinski definition) is 3. The first-order chi connectivity index (χ1) is 7.78. The Kier molecular flexibility index (Phi) is 4.20. The van der Waals surface area contributed by atoms with Crippen molar-refractivity contribution in [2.45, 2.75) is 38.6 Å². The van der Waals surface area contributed by atoms with Crippen molar-refractivity contribution < 1.29 is 0 Å². The van der Waals surface area contributed by atoms with Gasteiger partial charge in [0.2, 0.25) is 0 Å². The Morgan fingerprint density at radius 1 is 1.31 bits per heavy atom. The van der Waals surface area contributed by atoms with E-state index in [4.69, 9.17) is 5.26 Å². The van der Waals surface area contributed by atoms with E-state index in [2.05, 4.69) is 16.3 Å². The highest BCUT2D eigenvalue weighted by atomic mass is 15.1. The molecular formula is C13H23N3. The summed E-state index contributed by atoms with van der Waals surface area (Å²) in [4.78, 5) is 2.43. The maximum atomic E-state index is 8.78. The third kappa shape index (κ3) is 3.77. The van der Waals surface area contributed by atoms with Gasteiger partial charge in [0.15, 0.2) is 0 Å². The molecule has 1 saturated heterocycles. The zero-order valence-corrected chi connectivity index (χ0v) is 10.3. The van der Waals surface area contributed by atoms with Crippen LogP contribution in [-0.4, -0.2) is 37.1 Å². The molecule has 1 atom stereocenters. The zero-order valence-electron chi connectivity index (χ0n) is 10.3. The van der Waals surface area contributed by atoms with Crippen LogP contribution < -0.4 is 5.32 Å². The van der Waals surface area contributed by atoms with Gasteiger partial charge in [-0.15, -0.1) is 0 Å². The quantitative estimate of drug-likeness (QED) is 0.766. The number of nitrogens with one attached hydrogen (secondary N) is 1. The zero-order chi connectivity index (χ0) is 11.4. The highest BCUT2D eigenvalue weighted by Crippen LogP contribution is 2.28. The van der Waals surface area contributed by atoms with Crippen molar-refractivity contribution in [3.63, 3.8) is 0 Å². The molecule has 0 aromatic heterocycles. The molecule has 0 spiro atoms. The predicted molar refractivity (Wildman–Crippen MR) is 65.0 cm³/mol. The van der Waals surface area contributed by atoms with Gasteiger partial charge in [-0.3, -0.25) is 0 Å². The van der Waals surface area contributed by atoms with Crippen molar-refractivity contribution in [1.82, 2.24) is 10.2 Å². The maximum Gasteiger partial charge on any atom is 0.0666 e. The molecule has 2 aliphatic rings. The molecule has 0 amide bonds. The Balaban J connectivity index is 1.60. The number of nitriles is 1. The molecule has 1 unspecified atom stereocenters. The lowest BCUT2D eigenvalue weighted by molar-refractivity contribution is 0.186. The first-order valence-corrected chi connectivity index (χ1v) is 6.63. The summed E-state index contributed by atoms with van der Waals surface area (Å²) >= 11 is 0. The van der Waals surface area contributed by atoms with Crippen molar-refractivity contribution in [2.75, 3.05) is 26.2 Å². The fraction of sp³-hybridized carbons (Fsp3) is 0.923. The van der Waals surface area contributed by atoms with E-state index in [9.17, 15) is 0 Å². The average molecular weight is 221 g/mol. The molecule has 3 nitrogen and oxygen atoms in total. The van der Waals surface area contributed by atoms with Gasteiger partial charge >= 0.3 is 0 Å². The summed E-state index contributed by atoms with van der Waals surface area (Å²) < 4.78 is 0. The van der Waals surface area contributed by atoms with Gasteiger partial charge in [-0.05, 0) is 58.2 Å². The summed E-state index contributed by atoms with van der Waals surface area (Å²) in [5.41, 5.74) is 0. The smallest absolute Gasteiger partial charge is 0.0666 e. The van der Waals surface area contributed by atoms with Crippen LogP contribution in [0.15, 0.2) is 0 Å². The molecule has 0 aromatic carbocycles. The van der Waals surface area contributed by atoms with Gasteiger partial charge in [-0.1, -0.05) is 0 Å². The largest absolute Gasteiger partial charge is 0.314 e. The number of hydrogen-bond donors (Lipinski definition) is 1. The van der Waals surface area contributed by atoms with Crippen molar-refractivity contribution >= 4 is 0 Å². The minimum Gasteiger partial charge on any atom is -0.314 e. The van der Waals surface area contributed by atoms with Crippen molar-refractivity contribution in [2.24, 2.45) is 11.8 Å². The Labute approximate surface area is 98.8 Å². The second-order valence-corrected chi connectivity index (χ2v) is 5.46. The fourth-order valence-electron chi connectivity index (χ4n) is 2.40. The van der Waals surface area contributed by atoms with Gasteiger partial charge in [-0.25, -0.2) is 0 Å². The lowest BCUT2D eigenvalue weighted by Crippen LogP contribution is -2.44. The first kappa shape index (κ1) is 11.9. The predicted octanol–water partition coefficient (Wildman–Crippen LogP) is 1.61. The van der Waals surface area contributed by atoms with Crippen LogP contribution in [0.3, 0.4) is 0 Å². The monoisotopic (exact) mass is 221 g/mol. The van der Waals surface area contributed by atoms with Crippen LogP contribution in [-0.2, 0) is 0 Å². The second kappa shape index (κ2) is 5.65. The summed E-state index contributed by atoms with van der Waals surface area (Å²) in [5, 5.41) is 12.5. The molecule has 1 N–H and O–H groups in total. The van der Waals surface area contributed by atoms with Crippen LogP contribution in [0.1, 0.15) is 32.6 Å². The number of likely N-dealkylation sites (tertiary alicyclic amines) is 1. The van der Waals surface area contributed by atoms with Gasteiger partial charge in [0.1, 0.15) is 0 Å². The van der Waals surface area contributed by atoms with Crippen LogP contribution in [0.4, 0.5) is 0 Å². The van der Waals surface area contributed by atoms with E-state index in [1.807, 2.05) is 6.92 Å². The van der Waals surface area contributed by atoms with E-state index < -0.39 is 0 Å². The van der Waals surface area contributed by atoms with E-state index in [1.54, 1.807) is 0 Å². The van der Waals surface area contributed by atoms with Gasteiger partial charge in [-0.2, -0.15) is 5.26 Å². The third-order valence-corrected chi connectivity index (χ3v) is 3.73. The van der Waals surface area contributed by atoms with Crippen LogP contribution in [0.5, 0.6) is 0 Å². The van der Waals surface area contributed by atoms with Gasteiger partial charge in [0.05, 0.1) is 12.0 Å². The van der Waals surface area contributed by atoms with E-state index in [1.165, 1.54) is 32.2 Å². The summed E-state index contributed by atoms with van der Waals surface area (Å²) in [6, 6.07) is 3.05. The van der Waals surface area contributed by atoms with Crippen LogP contribution in [0.25, 0.3) is 0 Å². The standard InChI is InChI=1S/C13H23N3/c1-11(8-14)10-16-6-4-13(5-7-16)15-9-12-2-3-12/h11-13,15H,2-7,9-10H2,1H3. The summed E-state index contributed by atoms with van der Waals surface area (Å²) in [5.74, 6) is 1.16. The average Bonchev–Trinajstić information content (AvgIpc) is 3.12. The second-order valence-electron chi connectivity index (χ2n) is 5.46. The van der Waals surface area contributed by atoms with Crippen LogP contribution in [0, 0.1) is 23.2 Å². The Bertz CT molecular complexity index is 246. The first-order valence-electron chi connectivity index (χ1n) is 6.63. The molecule has 0 aromatic rings. The minimum absolute atomic E-state index is 0.177. The molecule has 0 bridgehead atoms. The molecular weight excluding hydrogens is 198 g/mol. The summed E-state index contributed by atoms with van der Waals surface area (Å²) in [6.45, 7) is 6.52. The normalized spacial score (nSPS) is 25.2. The van der Waals surface area contributed by atoms with Gasteiger partial charge < -0.3 is 10.2 Å². The fourth-order valence-corrected chi connectivity index (χ4v) is 2.40. The molecule has 1 aliphatic carbocycles. The van der Waals surface area contributed by atoms with Crippen molar-refractivity contribution in [3.8, 4) is 6.07 Å². The molecule has 2 fully saturated rings. The Morgan fingerprint density at radius 3 is 2.56 bits per heavy atom. The molecule has 1 saturated carbocycles. The molecule has 2 rings (SSSR count). The van der Waals surface area contributed by atoms with Gasteiger partial charge in [0.25, 0.3) is 0 Å². The van der Waals surface area contributed by atoms with Crippen molar-refractivity contribution in [3.05, 3.63) is 0 Å². The molecule has 0 radical (unpaired) electrons. The minimum atomic E-state index is 0.177. The van der Waals surface area contributed by atoms with Gasteiger partial charge in [0, 0.05) is 12.6 Å². The third-order valence-electron chi connectivity index (χ3n) is 3.73. The Morgan fingerprint density at radius 2 is 2.00 bits per heavy atom. The maximum absolute atomic E-state index is 8.78. The van der Waals surface area contributed by atoms with E-state index >= 15 is 0 Å². The molecule has 90 valence electrons. The van der Waals surface area contributed by atoms with Crippen molar-refractivity contribution in [1.29, 1.82) is 5.26 Å². The van der Waals surface area contributed by atoms with E-state index in [0.717, 1.165) is 31.6 Å². The van der Waals surface area contributed by atoms with E-state index in [-0.39, 0.29) is 5.92 Å². The van der Waals surface area contributed by atoms with E-state index in [0.29, 0.717) is 0 Å². The lowest BCUT2D eigenvalue weighted by atomic mass is 10.0.